The maximum absolute atomic E-state index is 13.3. The molecule has 5 rings (SSSR count). The minimum absolute atomic E-state index is 0.0873. The second-order valence-electron chi connectivity index (χ2n) is 9.32. The van der Waals surface area contributed by atoms with Crippen molar-refractivity contribution in [2.75, 3.05) is 62.5 Å². The van der Waals surface area contributed by atoms with E-state index in [0.29, 0.717) is 43.0 Å². The van der Waals surface area contributed by atoms with Gasteiger partial charge in [-0.3, -0.25) is 4.79 Å². The van der Waals surface area contributed by atoms with E-state index in [1.165, 1.54) is 16.1 Å². The fourth-order valence-corrected chi connectivity index (χ4v) is 6.86. The molecule has 3 aromatic rings. The maximum atomic E-state index is 13.3. The Morgan fingerprint density at radius 1 is 1.08 bits per heavy atom. The quantitative estimate of drug-likeness (QED) is 0.386. The molecule has 3 heterocycles. The summed E-state index contributed by atoms with van der Waals surface area (Å²) in [5, 5.41) is 12.1. The molecule has 2 aliphatic rings. The summed E-state index contributed by atoms with van der Waals surface area (Å²) in [5.41, 5.74) is 2.17. The second kappa shape index (κ2) is 11.9. The van der Waals surface area contributed by atoms with Gasteiger partial charge in [0.15, 0.2) is 11.0 Å². The first-order chi connectivity index (χ1) is 18.9. The number of carbonyl (C=O) groups excluding carboxylic acids is 1. The third kappa shape index (κ3) is 6.06. The van der Waals surface area contributed by atoms with Crippen molar-refractivity contribution in [3.8, 4) is 17.1 Å². The molecule has 0 saturated carbocycles. The fraction of sp³-hybridized carbons (Fsp3) is 0.423. The van der Waals surface area contributed by atoms with E-state index < -0.39 is 10.0 Å². The van der Waals surface area contributed by atoms with Crippen LogP contribution in [-0.2, 0) is 26.6 Å². The molecule has 2 aromatic carbocycles. The van der Waals surface area contributed by atoms with Crippen molar-refractivity contribution < 1.29 is 22.7 Å². The first-order valence-electron chi connectivity index (χ1n) is 12.8. The molecule has 11 nitrogen and oxygen atoms in total. The van der Waals surface area contributed by atoms with Crippen molar-refractivity contribution in [1.29, 1.82) is 0 Å². The summed E-state index contributed by atoms with van der Waals surface area (Å²) in [7, 11) is -0.245. The van der Waals surface area contributed by atoms with Crippen LogP contribution in [0.15, 0.2) is 52.5 Å². The average molecular weight is 573 g/mol. The summed E-state index contributed by atoms with van der Waals surface area (Å²) < 4.78 is 40.4. The van der Waals surface area contributed by atoms with Gasteiger partial charge in [0.1, 0.15) is 5.75 Å². The number of methoxy groups -OCH3 is 1. The van der Waals surface area contributed by atoms with E-state index in [4.69, 9.17) is 9.47 Å². The highest BCUT2D eigenvalue weighted by Crippen LogP contribution is 2.33. The molecule has 2 saturated heterocycles. The largest absolute Gasteiger partial charge is 0.497 e. The first kappa shape index (κ1) is 27.4. The van der Waals surface area contributed by atoms with Gasteiger partial charge in [0, 0.05) is 38.8 Å². The lowest BCUT2D eigenvalue weighted by molar-refractivity contribution is -0.113. The van der Waals surface area contributed by atoms with Crippen molar-refractivity contribution in [2.24, 2.45) is 7.05 Å². The first-order valence-corrected chi connectivity index (χ1v) is 15.2. The van der Waals surface area contributed by atoms with Crippen LogP contribution in [0.2, 0.25) is 0 Å². The highest BCUT2D eigenvalue weighted by atomic mass is 32.2. The predicted octanol–water partition coefficient (Wildman–Crippen LogP) is 2.84. The lowest BCUT2D eigenvalue weighted by atomic mass is 10.2. The molecule has 1 amide bonds. The van der Waals surface area contributed by atoms with Crippen LogP contribution in [0, 0.1) is 0 Å². The van der Waals surface area contributed by atoms with Crippen LogP contribution in [0.1, 0.15) is 12.8 Å². The standard InChI is InChI=1S/C26H32N6O5S2/c1-30-25(19-6-5-7-20(16-19)36-2)28-29-26(30)38-18-24(33)27-22-17-21(8-9-23(22)31-10-3-4-11-31)39(34,35)32-12-14-37-15-13-32/h5-9,16-17H,3-4,10-15,18H2,1-2H3,(H,27,33). The Kier molecular flexibility index (Phi) is 8.40. The summed E-state index contributed by atoms with van der Waals surface area (Å²) in [4.78, 5) is 15.4. The van der Waals surface area contributed by atoms with Crippen LogP contribution in [0.3, 0.4) is 0 Å². The highest BCUT2D eigenvalue weighted by molar-refractivity contribution is 7.99. The zero-order valence-corrected chi connectivity index (χ0v) is 23.6. The van der Waals surface area contributed by atoms with Crippen LogP contribution in [0.4, 0.5) is 11.4 Å². The van der Waals surface area contributed by atoms with Gasteiger partial charge in [0.2, 0.25) is 15.9 Å². The van der Waals surface area contributed by atoms with Crippen molar-refractivity contribution in [1.82, 2.24) is 19.1 Å². The van der Waals surface area contributed by atoms with Crippen LogP contribution in [0.25, 0.3) is 11.4 Å². The second-order valence-corrected chi connectivity index (χ2v) is 12.2. The number of amides is 1. The molecule has 0 radical (unpaired) electrons. The highest BCUT2D eigenvalue weighted by Gasteiger charge is 2.28. The minimum atomic E-state index is -3.70. The van der Waals surface area contributed by atoms with Crippen LogP contribution >= 0.6 is 11.8 Å². The molecule has 0 spiro atoms. The Morgan fingerprint density at radius 2 is 1.85 bits per heavy atom. The number of nitrogens with zero attached hydrogens (tertiary/aromatic N) is 5. The number of hydrogen-bond acceptors (Lipinski definition) is 9. The van der Waals surface area contributed by atoms with Gasteiger partial charge >= 0.3 is 0 Å². The van der Waals surface area contributed by atoms with E-state index >= 15 is 0 Å². The summed E-state index contributed by atoms with van der Waals surface area (Å²) in [6.07, 6.45) is 2.11. The molecule has 0 unspecified atom stereocenters. The lowest BCUT2D eigenvalue weighted by Crippen LogP contribution is -2.40. The topological polar surface area (TPSA) is 119 Å². The van der Waals surface area contributed by atoms with E-state index in [0.717, 1.165) is 42.9 Å². The third-order valence-corrected chi connectivity index (χ3v) is 9.71. The number of sulfonamides is 1. The van der Waals surface area contributed by atoms with E-state index in [2.05, 4.69) is 20.4 Å². The van der Waals surface area contributed by atoms with Gasteiger partial charge in [-0.1, -0.05) is 23.9 Å². The van der Waals surface area contributed by atoms with Gasteiger partial charge in [-0.2, -0.15) is 4.31 Å². The molecule has 2 fully saturated rings. The van der Waals surface area contributed by atoms with Gasteiger partial charge in [-0.05, 0) is 43.2 Å². The SMILES string of the molecule is COc1cccc(-c2nnc(SCC(=O)Nc3cc(S(=O)(=O)N4CCOCC4)ccc3N3CCCC3)n2C)c1. The van der Waals surface area contributed by atoms with E-state index in [1.54, 1.807) is 25.3 Å². The Labute approximate surface area is 232 Å². The Morgan fingerprint density at radius 3 is 2.59 bits per heavy atom. The molecule has 0 atom stereocenters. The molecular weight excluding hydrogens is 540 g/mol. The Balaban J connectivity index is 1.32. The number of aromatic nitrogens is 3. The minimum Gasteiger partial charge on any atom is -0.497 e. The smallest absolute Gasteiger partial charge is 0.243 e. The summed E-state index contributed by atoms with van der Waals surface area (Å²) >= 11 is 1.26. The van der Waals surface area contributed by atoms with E-state index in [-0.39, 0.29) is 16.6 Å². The van der Waals surface area contributed by atoms with Crippen LogP contribution in [0.5, 0.6) is 5.75 Å². The van der Waals surface area contributed by atoms with Gasteiger partial charge < -0.3 is 24.3 Å². The normalized spacial score (nSPS) is 16.4. The number of hydrogen-bond donors (Lipinski definition) is 1. The number of ether oxygens (including phenoxy) is 2. The molecule has 0 aliphatic carbocycles. The van der Waals surface area contributed by atoms with Crippen LogP contribution in [-0.4, -0.2) is 85.7 Å². The number of thioether (sulfide) groups is 1. The third-order valence-electron chi connectivity index (χ3n) is 6.79. The average Bonchev–Trinajstić information content (AvgIpc) is 3.62. The van der Waals surface area contributed by atoms with Crippen molar-refractivity contribution in [2.45, 2.75) is 22.9 Å². The molecule has 0 bridgehead atoms. The zero-order valence-electron chi connectivity index (χ0n) is 22.0. The maximum Gasteiger partial charge on any atom is 0.243 e. The number of nitrogens with one attached hydrogen (secondary N) is 1. The number of anilines is 2. The molecule has 13 heteroatoms. The van der Waals surface area contributed by atoms with E-state index in [9.17, 15) is 13.2 Å². The molecular formula is C26H32N6O5S2. The van der Waals surface area contributed by atoms with Crippen molar-refractivity contribution in [3.63, 3.8) is 0 Å². The summed E-state index contributed by atoms with van der Waals surface area (Å²) in [6, 6.07) is 12.5. The zero-order chi connectivity index (χ0) is 27.4. The molecule has 1 aromatic heterocycles. The summed E-state index contributed by atoms with van der Waals surface area (Å²) in [5.74, 6) is 1.21. The number of rotatable bonds is 9. The van der Waals surface area contributed by atoms with E-state index in [1.807, 2.05) is 35.9 Å². The summed E-state index contributed by atoms with van der Waals surface area (Å²) in [6.45, 7) is 3.08. The number of benzene rings is 2. The molecule has 208 valence electrons. The van der Waals surface area contributed by atoms with Gasteiger partial charge in [-0.15, -0.1) is 10.2 Å². The lowest BCUT2D eigenvalue weighted by Gasteiger charge is -2.27. The van der Waals surface area contributed by atoms with Crippen molar-refractivity contribution in [3.05, 3.63) is 42.5 Å². The number of morpholine rings is 1. The van der Waals surface area contributed by atoms with Crippen LogP contribution < -0.4 is 15.0 Å². The van der Waals surface area contributed by atoms with Gasteiger partial charge in [0.25, 0.3) is 0 Å². The van der Waals surface area contributed by atoms with Gasteiger partial charge in [-0.25, -0.2) is 8.42 Å². The van der Waals surface area contributed by atoms with Gasteiger partial charge in [0.05, 0.1) is 42.3 Å². The predicted molar refractivity (Wildman–Crippen MR) is 150 cm³/mol. The molecule has 39 heavy (non-hydrogen) atoms. The molecule has 2 aliphatic heterocycles. The van der Waals surface area contributed by atoms with Crippen molar-refractivity contribution >= 4 is 39.1 Å². The fourth-order valence-electron chi connectivity index (χ4n) is 4.72. The number of carbonyl (C=O) groups is 1. The Hall–Kier alpha value is -3.13. The Bertz CT molecular complexity index is 1430. The molecule has 1 N–H and O–H groups in total. The monoisotopic (exact) mass is 572 g/mol.